The first-order valence-electron chi connectivity index (χ1n) is 7.22. The first-order chi connectivity index (χ1) is 10.6. The molecule has 1 aromatic carbocycles. The largest absolute Gasteiger partial charge is 0.573 e. The van der Waals surface area contributed by atoms with Crippen LogP contribution in [0.15, 0.2) is 24.3 Å². The van der Waals surface area contributed by atoms with Gasteiger partial charge in [0.2, 0.25) is 0 Å². The van der Waals surface area contributed by atoms with Gasteiger partial charge in [0.25, 0.3) is 0 Å². The lowest BCUT2D eigenvalue weighted by Crippen LogP contribution is -2.77. The molecular formula is C15H16F4N2O2. The Bertz CT molecular complexity index is 612. The zero-order chi connectivity index (χ0) is 16.9. The average Bonchev–Trinajstić information content (AvgIpc) is 2.33. The molecule has 4 rings (SSSR count). The highest BCUT2D eigenvalue weighted by atomic mass is 19.4. The first-order valence-corrected chi connectivity index (χ1v) is 7.22. The molecule has 3 aliphatic carbocycles. The van der Waals surface area contributed by atoms with Gasteiger partial charge in [-0.1, -0.05) is 12.1 Å². The predicted molar refractivity (Wildman–Crippen MR) is 73.6 cm³/mol. The molecule has 23 heavy (non-hydrogen) atoms. The molecule has 0 aromatic heterocycles. The fourth-order valence-corrected chi connectivity index (χ4v) is 3.33. The second kappa shape index (κ2) is 5.01. The topological polar surface area (TPSA) is 50.4 Å². The number of hydrogen-bond donors (Lipinski definition) is 2. The molecule has 3 fully saturated rings. The SMILES string of the molecule is CC(NC(=O)NC12CC(F)(C1)C2)c1cccc(OC(F)(F)F)c1. The molecule has 1 unspecified atom stereocenters. The number of ether oxygens (including phenoxy) is 1. The Morgan fingerprint density at radius 3 is 2.52 bits per heavy atom. The third-order valence-electron chi connectivity index (χ3n) is 4.28. The van der Waals surface area contributed by atoms with Crippen molar-refractivity contribution in [3.05, 3.63) is 29.8 Å². The van der Waals surface area contributed by atoms with E-state index < -0.39 is 29.6 Å². The highest BCUT2D eigenvalue weighted by Gasteiger charge is 2.69. The fraction of sp³-hybridized carbons (Fsp3) is 0.533. The van der Waals surface area contributed by atoms with Crippen molar-refractivity contribution in [2.45, 2.75) is 49.8 Å². The quantitative estimate of drug-likeness (QED) is 0.828. The number of carbonyl (C=O) groups is 1. The number of urea groups is 1. The molecule has 0 spiro atoms. The van der Waals surface area contributed by atoms with Crippen molar-refractivity contribution in [1.29, 1.82) is 0 Å². The van der Waals surface area contributed by atoms with Gasteiger partial charge in [-0.25, -0.2) is 9.18 Å². The van der Waals surface area contributed by atoms with Gasteiger partial charge in [0.15, 0.2) is 0 Å². The maximum Gasteiger partial charge on any atom is 0.573 e. The summed E-state index contributed by atoms with van der Waals surface area (Å²) in [7, 11) is 0. The van der Waals surface area contributed by atoms with Crippen molar-refractivity contribution < 1.29 is 27.1 Å². The Morgan fingerprint density at radius 2 is 1.96 bits per heavy atom. The van der Waals surface area contributed by atoms with Gasteiger partial charge in [-0.3, -0.25) is 0 Å². The van der Waals surface area contributed by atoms with Crippen LogP contribution >= 0.6 is 0 Å². The fourth-order valence-electron chi connectivity index (χ4n) is 3.33. The van der Waals surface area contributed by atoms with E-state index in [-0.39, 0.29) is 5.75 Å². The van der Waals surface area contributed by atoms with E-state index in [0.29, 0.717) is 24.8 Å². The molecule has 1 atom stereocenters. The summed E-state index contributed by atoms with van der Waals surface area (Å²) in [6, 6.07) is 4.44. The van der Waals surface area contributed by atoms with Crippen LogP contribution in [0.1, 0.15) is 37.8 Å². The van der Waals surface area contributed by atoms with Crippen molar-refractivity contribution in [2.24, 2.45) is 0 Å². The second-order valence-corrected chi connectivity index (χ2v) is 6.40. The Balaban J connectivity index is 1.56. The smallest absolute Gasteiger partial charge is 0.406 e. The zero-order valence-electron chi connectivity index (χ0n) is 12.3. The Hall–Kier alpha value is -1.99. The number of rotatable bonds is 4. The number of hydrogen-bond acceptors (Lipinski definition) is 2. The number of amides is 2. The van der Waals surface area contributed by atoms with Crippen LogP contribution in [0.25, 0.3) is 0 Å². The van der Waals surface area contributed by atoms with Crippen LogP contribution < -0.4 is 15.4 Å². The van der Waals surface area contributed by atoms with Gasteiger partial charge in [0.1, 0.15) is 11.4 Å². The Kier molecular flexibility index (Phi) is 3.46. The lowest BCUT2D eigenvalue weighted by molar-refractivity contribution is -0.274. The third-order valence-corrected chi connectivity index (χ3v) is 4.28. The van der Waals surface area contributed by atoms with Gasteiger partial charge in [0.05, 0.1) is 11.6 Å². The van der Waals surface area contributed by atoms with E-state index in [1.807, 2.05) is 0 Å². The molecule has 2 bridgehead atoms. The third kappa shape index (κ3) is 3.35. The predicted octanol–water partition coefficient (Wildman–Crippen LogP) is 3.59. The molecule has 4 nitrogen and oxygen atoms in total. The van der Waals surface area contributed by atoms with Crippen molar-refractivity contribution in [3.63, 3.8) is 0 Å². The molecule has 126 valence electrons. The summed E-state index contributed by atoms with van der Waals surface area (Å²) in [5.41, 5.74) is -1.08. The minimum atomic E-state index is -4.76. The van der Waals surface area contributed by atoms with Crippen LogP contribution in [0.4, 0.5) is 22.4 Å². The molecule has 0 heterocycles. The van der Waals surface area contributed by atoms with Gasteiger partial charge in [-0.2, -0.15) is 0 Å². The molecule has 0 saturated heterocycles. The molecule has 0 aliphatic heterocycles. The normalized spacial score (nSPS) is 29.8. The molecular weight excluding hydrogens is 316 g/mol. The van der Waals surface area contributed by atoms with Gasteiger partial charge in [0, 0.05) is 19.3 Å². The molecule has 1 aromatic rings. The second-order valence-electron chi connectivity index (χ2n) is 6.40. The number of nitrogens with one attached hydrogen (secondary N) is 2. The van der Waals surface area contributed by atoms with Gasteiger partial charge < -0.3 is 15.4 Å². The van der Waals surface area contributed by atoms with E-state index in [2.05, 4.69) is 15.4 Å². The Labute approximate surface area is 130 Å². The van der Waals surface area contributed by atoms with Crippen LogP contribution in [-0.2, 0) is 0 Å². The van der Waals surface area contributed by atoms with Crippen LogP contribution in [0.3, 0.4) is 0 Å². The van der Waals surface area contributed by atoms with Crippen LogP contribution in [0.5, 0.6) is 5.75 Å². The minimum absolute atomic E-state index is 0.330. The molecule has 2 amide bonds. The van der Waals surface area contributed by atoms with E-state index in [9.17, 15) is 22.4 Å². The van der Waals surface area contributed by atoms with E-state index in [1.54, 1.807) is 13.0 Å². The van der Waals surface area contributed by atoms with E-state index in [4.69, 9.17) is 0 Å². The van der Waals surface area contributed by atoms with E-state index in [1.165, 1.54) is 18.2 Å². The van der Waals surface area contributed by atoms with Crippen LogP contribution in [0, 0.1) is 0 Å². The lowest BCUT2D eigenvalue weighted by Gasteiger charge is -2.65. The summed E-state index contributed by atoms with van der Waals surface area (Å²) >= 11 is 0. The van der Waals surface area contributed by atoms with E-state index >= 15 is 0 Å². The van der Waals surface area contributed by atoms with Crippen LogP contribution in [-0.4, -0.2) is 23.6 Å². The summed E-state index contributed by atoms with van der Waals surface area (Å²) in [5.74, 6) is -0.345. The Morgan fingerprint density at radius 1 is 1.30 bits per heavy atom. The summed E-state index contributed by atoms with van der Waals surface area (Å²) < 4.78 is 53.9. The first kappa shape index (κ1) is 15.9. The molecule has 2 N–H and O–H groups in total. The number of benzene rings is 1. The highest BCUT2D eigenvalue weighted by Crippen LogP contribution is 2.62. The van der Waals surface area contributed by atoms with Gasteiger partial charge in [-0.15, -0.1) is 13.2 Å². The summed E-state index contributed by atoms with van der Waals surface area (Å²) in [6.45, 7) is 1.64. The summed E-state index contributed by atoms with van der Waals surface area (Å²) in [5, 5.41) is 5.37. The zero-order valence-corrected chi connectivity index (χ0v) is 12.3. The van der Waals surface area contributed by atoms with Crippen LogP contribution in [0.2, 0.25) is 0 Å². The minimum Gasteiger partial charge on any atom is -0.406 e. The summed E-state index contributed by atoms with van der Waals surface area (Å²) in [6.07, 6.45) is -3.77. The van der Waals surface area contributed by atoms with Crippen molar-refractivity contribution in [2.75, 3.05) is 0 Å². The molecule has 8 heteroatoms. The van der Waals surface area contributed by atoms with Gasteiger partial charge >= 0.3 is 12.4 Å². The summed E-state index contributed by atoms with van der Waals surface area (Å²) in [4.78, 5) is 11.9. The molecule has 3 aliphatic rings. The van der Waals surface area contributed by atoms with Crippen molar-refractivity contribution in [3.8, 4) is 5.75 Å². The maximum atomic E-state index is 13.4. The van der Waals surface area contributed by atoms with Crippen molar-refractivity contribution >= 4 is 6.03 Å². The number of alkyl halides is 4. The number of halogens is 4. The maximum absolute atomic E-state index is 13.4. The molecule has 3 saturated carbocycles. The van der Waals surface area contributed by atoms with E-state index in [0.717, 1.165) is 0 Å². The number of carbonyl (C=O) groups excluding carboxylic acids is 1. The van der Waals surface area contributed by atoms with Crippen molar-refractivity contribution in [1.82, 2.24) is 10.6 Å². The standard InChI is InChI=1S/C15H16F4N2O2/c1-9(10-3-2-4-11(5-10)23-15(17,18)19)20-12(22)21-14-6-13(16,7-14)8-14/h2-5,9H,6-8H2,1H3,(H2,20,21,22). The highest BCUT2D eigenvalue weighted by molar-refractivity contribution is 5.76. The van der Waals surface area contributed by atoms with Gasteiger partial charge in [-0.05, 0) is 24.6 Å². The lowest BCUT2D eigenvalue weighted by atomic mass is 9.47. The monoisotopic (exact) mass is 332 g/mol. The average molecular weight is 332 g/mol. The molecule has 0 radical (unpaired) electrons.